The van der Waals surface area contributed by atoms with Gasteiger partial charge in [0, 0.05) is 5.41 Å². The lowest BCUT2D eigenvalue weighted by molar-refractivity contribution is -0.131. The second-order valence-electron chi connectivity index (χ2n) is 4.91. The molecule has 2 rings (SSSR count). The quantitative estimate of drug-likeness (QED) is 0.839. The number of nitrogens with one attached hydrogen (secondary N) is 2. The van der Waals surface area contributed by atoms with Gasteiger partial charge in [-0.05, 0) is 26.2 Å². The first-order chi connectivity index (χ1) is 8.18. The number of aromatic nitrogens is 3. The zero-order valence-electron chi connectivity index (χ0n) is 10.5. The molecule has 17 heavy (non-hydrogen) atoms. The van der Waals surface area contributed by atoms with Crippen molar-refractivity contribution >= 4 is 5.91 Å². The van der Waals surface area contributed by atoms with Gasteiger partial charge in [0.25, 0.3) is 0 Å². The Labute approximate surface area is 101 Å². The number of carbonyl (C=O) groups excluding carboxylic acids is 1. The van der Waals surface area contributed by atoms with Crippen molar-refractivity contribution in [1.82, 2.24) is 20.5 Å². The number of rotatable bonds is 4. The summed E-state index contributed by atoms with van der Waals surface area (Å²) in [5.74, 6) is 0.879. The molecule has 2 N–H and O–H groups in total. The Kier molecular flexibility index (Phi) is 3.45. The molecule has 1 aromatic heterocycles. The summed E-state index contributed by atoms with van der Waals surface area (Å²) in [5.41, 5.74) is -0.145. The fourth-order valence-electron chi connectivity index (χ4n) is 2.63. The first-order valence-electron chi connectivity index (χ1n) is 6.34. The van der Waals surface area contributed by atoms with E-state index in [2.05, 4.69) is 27.4 Å². The van der Waals surface area contributed by atoms with Crippen LogP contribution in [0, 0.1) is 5.41 Å². The summed E-state index contributed by atoms with van der Waals surface area (Å²) in [4.78, 5) is 16.4. The molecule has 0 saturated heterocycles. The van der Waals surface area contributed by atoms with E-state index in [4.69, 9.17) is 0 Å². The van der Waals surface area contributed by atoms with Gasteiger partial charge in [0.1, 0.15) is 12.2 Å². The highest BCUT2D eigenvalue weighted by molar-refractivity contribution is 5.83. The number of H-pyrrole nitrogens is 1. The number of hydrogen-bond donors (Lipinski definition) is 2. The van der Waals surface area contributed by atoms with E-state index in [1.54, 1.807) is 0 Å². The summed E-state index contributed by atoms with van der Waals surface area (Å²) in [6, 6.07) is -0.103. The Hall–Kier alpha value is -1.39. The van der Waals surface area contributed by atoms with Crippen molar-refractivity contribution in [2.45, 2.75) is 52.0 Å². The predicted octanol–water partition coefficient (Wildman–Crippen LogP) is 1.95. The molecule has 1 unspecified atom stereocenters. The van der Waals surface area contributed by atoms with Crippen LogP contribution in [0.3, 0.4) is 0 Å². The van der Waals surface area contributed by atoms with Crippen LogP contribution >= 0.6 is 0 Å². The average molecular weight is 236 g/mol. The highest BCUT2D eigenvalue weighted by Gasteiger charge is 2.39. The Balaban J connectivity index is 2.01. The number of hydrogen-bond acceptors (Lipinski definition) is 3. The van der Waals surface area contributed by atoms with Crippen LogP contribution in [0.5, 0.6) is 0 Å². The van der Waals surface area contributed by atoms with Gasteiger partial charge in [-0.3, -0.25) is 9.89 Å². The maximum Gasteiger partial charge on any atom is 0.226 e. The number of nitrogens with zero attached hydrogens (tertiary/aromatic N) is 2. The van der Waals surface area contributed by atoms with E-state index in [1.165, 1.54) is 6.33 Å². The molecular weight excluding hydrogens is 216 g/mol. The molecule has 5 heteroatoms. The molecule has 94 valence electrons. The topological polar surface area (TPSA) is 70.7 Å². The number of aromatic amines is 1. The third-order valence-corrected chi connectivity index (χ3v) is 3.91. The monoisotopic (exact) mass is 236 g/mol. The van der Waals surface area contributed by atoms with E-state index in [1.807, 2.05) is 6.92 Å². The average Bonchev–Trinajstić information content (AvgIpc) is 3.01. The molecule has 1 heterocycles. The largest absolute Gasteiger partial charge is 0.346 e. The lowest BCUT2D eigenvalue weighted by Gasteiger charge is -2.27. The van der Waals surface area contributed by atoms with E-state index in [0.29, 0.717) is 5.82 Å². The molecule has 0 bridgehead atoms. The molecular formula is C12H20N4O. The summed E-state index contributed by atoms with van der Waals surface area (Å²) in [6.45, 7) is 4.03. The Morgan fingerprint density at radius 1 is 1.59 bits per heavy atom. The molecule has 5 nitrogen and oxygen atoms in total. The molecule has 1 fully saturated rings. The Bertz CT molecular complexity index is 368. The van der Waals surface area contributed by atoms with Gasteiger partial charge >= 0.3 is 0 Å². The standard InChI is InChI=1S/C12H20N4O/c1-3-12(6-4-5-7-12)11(17)15-9(2)10-13-8-14-16-10/h8-9H,3-7H2,1-2H3,(H,15,17)(H,13,14,16). The molecule has 0 spiro atoms. The highest BCUT2D eigenvalue weighted by atomic mass is 16.2. The second kappa shape index (κ2) is 4.85. The summed E-state index contributed by atoms with van der Waals surface area (Å²) < 4.78 is 0. The van der Waals surface area contributed by atoms with Crippen LogP contribution in [-0.2, 0) is 4.79 Å². The summed E-state index contributed by atoms with van der Waals surface area (Å²) in [6.07, 6.45) is 6.73. The summed E-state index contributed by atoms with van der Waals surface area (Å²) in [7, 11) is 0. The first-order valence-corrected chi connectivity index (χ1v) is 6.34. The van der Waals surface area contributed by atoms with Crippen molar-refractivity contribution < 1.29 is 4.79 Å². The maximum atomic E-state index is 12.3. The van der Waals surface area contributed by atoms with Gasteiger partial charge in [-0.15, -0.1) is 0 Å². The number of carbonyl (C=O) groups is 1. The van der Waals surface area contributed by atoms with E-state index in [9.17, 15) is 4.79 Å². The minimum Gasteiger partial charge on any atom is -0.346 e. The van der Waals surface area contributed by atoms with E-state index in [0.717, 1.165) is 32.1 Å². The maximum absolute atomic E-state index is 12.3. The highest BCUT2D eigenvalue weighted by Crippen LogP contribution is 2.41. The van der Waals surface area contributed by atoms with E-state index in [-0.39, 0.29) is 17.4 Å². The van der Waals surface area contributed by atoms with Crippen LogP contribution in [-0.4, -0.2) is 21.1 Å². The van der Waals surface area contributed by atoms with Crippen molar-refractivity contribution in [2.24, 2.45) is 5.41 Å². The van der Waals surface area contributed by atoms with Gasteiger partial charge in [-0.1, -0.05) is 19.8 Å². The first kappa shape index (κ1) is 12.1. The minimum absolute atomic E-state index is 0.103. The Morgan fingerprint density at radius 3 is 2.82 bits per heavy atom. The van der Waals surface area contributed by atoms with Crippen LogP contribution in [0.2, 0.25) is 0 Å². The smallest absolute Gasteiger partial charge is 0.226 e. The van der Waals surface area contributed by atoms with E-state index < -0.39 is 0 Å². The van der Waals surface area contributed by atoms with Crippen molar-refractivity contribution in [1.29, 1.82) is 0 Å². The van der Waals surface area contributed by atoms with Gasteiger partial charge in [0.15, 0.2) is 0 Å². The molecule has 1 atom stereocenters. The second-order valence-corrected chi connectivity index (χ2v) is 4.91. The van der Waals surface area contributed by atoms with Gasteiger partial charge in [-0.25, -0.2) is 4.98 Å². The molecule has 0 aromatic carbocycles. The summed E-state index contributed by atoms with van der Waals surface area (Å²) in [5, 5.41) is 9.63. The fraction of sp³-hybridized carbons (Fsp3) is 0.750. The minimum atomic E-state index is -0.145. The third-order valence-electron chi connectivity index (χ3n) is 3.91. The Morgan fingerprint density at radius 2 is 2.29 bits per heavy atom. The summed E-state index contributed by atoms with van der Waals surface area (Å²) >= 11 is 0. The van der Waals surface area contributed by atoms with Crippen molar-refractivity contribution in [2.75, 3.05) is 0 Å². The molecule has 1 aromatic rings. The molecule has 1 amide bonds. The van der Waals surface area contributed by atoms with Gasteiger partial charge < -0.3 is 5.32 Å². The molecule has 0 aliphatic heterocycles. The SMILES string of the molecule is CCC1(C(=O)NC(C)c2ncn[nH]2)CCCC1. The van der Waals surface area contributed by atoms with Crippen LogP contribution in [0.15, 0.2) is 6.33 Å². The fourth-order valence-corrected chi connectivity index (χ4v) is 2.63. The van der Waals surface area contributed by atoms with Crippen LogP contribution in [0.25, 0.3) is 0 Å². The molecule has 1 saturated carbocycles. The van der Waals surface area contributed by atoms with Crippen LogP contribution in [0.4, 0.5) is 0 Å². The van der Waals surface area contributed by atoms with Crippen LogP contribution in [0.1, 0.15) is 57.8 Å². The third kappa shape index (κ3) is 2.33. The van der Waals surface area contributed by atoms with Crippen molar-refractivity contribution in [3.8, 4) is 0 Å². The predicted molar refractivity (Wildman–Crippen MR) is 64.1 cm³/mol. The molecule has 1 aliphatic carbocycles. The molecule has 0 radical (unpaired) electrons. The van der Waals surface area contributed by atoms with Gasteiger partial charge in [-0.2, -0.15) is 5.10 Å². The van der Waals surface area contributed by atoms with Crippen LogP contribution < -0.4 is 5.32 Å². The van der Waals surface area contributed by atoms with Gasteiger partial charge in [0.05, 0.1) is 6.04 Å². The van der Waals surface area contributed by atoms with E-state index >= 15 is 0 Å². The lowest BCUT2D eigenvalue weighted by atomic mass is 9.82. The van der Waals surface area contributed by atoms with Gasteiger partial charge in [0.2, 0.25) is 5.91 Å². The zero-order chi connectivity index (χ0) is 12.3. The van der Waals surface area contributed by atoms with Crippen molar-refractivity contribution in [3.05, 3.63) is 12.2 Å². The normalized spacial score (nSPS) is 20.1. The lowest BCUT2D eigenvalue weighted by Crippen LogP contribution is -2.40. The molecule has 1 aliphatic rings. The zero-order valence-corrected chi connectivity index (χ0v) is 10.5. The van der Waals surface area contributed by atoms with Crippen molar-refractivity contribution in [3.63, 3.8) is 0 Å². The number of amides is 1.